The second-order valence-corrected chi connectivity index (χ2v) is 8.04. The van der Waals surface area contributed by atoms with Crippen molar-refractivity contribution in [3.63, 3.8) is 0 Å². The Hall–Kier alpha value is -2.59. The van der Waals surface area contributed by atoms with E-state index in [4.69, 9.17) is 4.74 Å². The topological polar surface area (TPSA) is 70.9 Å². The van der Waals surface area contributed by atoms with Crippen LogP contribution in [-0.4, -0.2) is 90.2 Å². The number of nitrogens with zero attached hydrogens (tertiary/aromatic N) is 5. The highest BCUT2D eigenvalue weighted by Crippen LogP contribution is 2.21. The first-order valence-electron chi connectivity index (χ1n) is 10.5. The van der Waals surface area contributed by atoms with Gasteiger partial charge in [-0.3, -0.25) is 19.1 Å². The molecule has 2 saturated heterocycles. The maximum absolute atomic E-state index is 12.6. The monoisotopic (exact) mass is 435 g/mol. The van der Waals surface area contributed by atoms with Gasteiger partial charge in [0.25, 0.3) is 12.0 Å². The molecule has 0 aliphatic carbocycles. The van der Waals surface area contributed by atoms with Crippen LogP contribution in [0.15, 0.2) is 29.3 Å². The molecule has 1 amide bonds. The number of rotatable bonds is 5. The molecule has 2 aromatic rings. The van der Waals surface area contributed by atoms with E-state index in [1.807, 2.05) is 17.0 Å². The quantitative estimate of drug-likeness (QED) is 0.699. The number of halogens is 2. The van der Waals surface area contributed by atoms with Crippen molar-refractivity contribution in [3.8, 4) is 0 Å². The fraction of sp³-hybridized carbons (Fsp3) is 0.571. The van der Waals surface area contributed by atoms with Crippen LogP contribution in [-0.2, 0) is 16.1 Å². The number of hydrogen-bond acceptors (Lipinski definition) is 6. The summed E-state index contributed by atoms with van der Waals surface area (Å²) in [4.78, 5) is 34.6. The standard InChI is InChI=1S/C21H27F2N5O3/c1-15(29)27-8-9-31-17(12-27)11-25-4-6-26(7-5-25)16-2-3-18-19(10-16)24-14-28(21(18)30)13-20(22)23/h2-3,10,14,17,20H,4-9,11-13H2,1H3. The summed E-state index contributed by atoms with van der Waals surface area (Å²) in [5.41, 5.74) is 1.02. The van der Waals surface area contributed by atoms with Gasteiger partial charge in [-0.1, -0.05) is 0 Å². The van der Waals surface area contributed by atoms with E-state index in [1.165, 1.54) is 6.33 Å². The second-order valence-electron chi connectivity index (χ2n) is 8.04. The Morgan fingerprint density at radius 2 is 2.00 bits per heavy atom. The van der Waals surface area contributed by atoms with Crippen molar-refractivity contribution < 1.29 is 18.3 Å². The number of morpholine rings is 1. The number of piperazine rings is 1. The number of anilines is 1. The molecule has 0 radical (unpaired) electrons. The van der Waals surface area contributed by atoms with Gasteiger partial charge in [0.05, 0.1) is 36.5 Å². The maximum Gasteiger partial charge on any atom is 0.261 e. The predicted octanol–water partition coefficient (Wildman–Crippen LogP) is 1.03. The van der Waals surface area contributed by atoms with Crippen LogP contribution in [0, 0.1) is 0 Å². The second kappa shape index (κ2) is 9.27. The van der Waals surface area contributed by atoms with Gasteiger partial charge in [0.1, 0.15) is 0 Å². The van der Waals surface area contributed by atoms with Gasteiger partial charge in [-0.25, -0.2) is 13.8 Å². The van der Waals surface area contributed by atoms with Crippen LogP contribution in [0.2, 0.25) is 0 Å². The highest BCUT2D eigenvalue weighted by molar-refractivity contribution is 5.81. The largest absolute Gasteiger partial charge is 0.373 e. The number of aromatic nitrogens is 2. The van der Waals surface area contributed by atoms with Gasteiger partial charge in [0, 0.05) is 58.4 Å². The van der Waals surface area contributed by atoms with Crippen LogP contribution in [0.3, 0.4) is 0 Å². The lowest BCUT2D eigenvalue weighted by Gasteiger charge is -2.39. The molecule has 8 nitrogen and oxygen atoms in total. The highest BCUT2D eigenvalue weighted by atomic mass is 19.3. The lowest BCUT2D eigenvalue weighted by atomic mass is 10.1. The van der Waals surface area contributed by atoms with Crippen LogP contribution in [0.25, 0.3) is 10.9 Å². The van der Waals surface area contributed by atoms with E-state index in [0.717, 1.165) is 43.0 Å². The van der Waals surface area contributed by atoms with Gasteiger partial charge in [-0.05, 0) is 18.2 Å². The smallest absolute Gasteiger partial charge is 0.261 e. The molecule has 1 aromatic carbocycles. The summed E-state index contributed by atoms with van der Waals surface area (Å²) >= 11 is 0. The first kappa shape index (κ1) is 21.6. The lowest BCUT2D eigenvalue weighted by Crippen LogP contribution is -2.53. The Balaban J connectivity index is 1.37. The van der Waals surface area contributed by atoms with E-state index < -0.39 is 18.5 Å². The van der Waals surface area contributed by atoms with E-state index >= 15 is 0 Å². The average Bonchev–Trinajstić information content (AvgIpc) is 2.76. The SMILES string of the molecule is CC(=O)N1CCOC(CN2CCN(c3ccc4c(=O)n(CC(F)F)cnc4c3)CC2)C1. The molecule has 10 heteroatoms. The van der Waals surface area contributed by atoms with Crippen LogP contribution in [0.4, 0.5) is 14.5 Å². The number of carbonyl (C=O) groups is 1. The highest BCUT2D eigenvalue weighted by Gasteiger charge is 2.26. The fourth-order valence-electron chi connectivity index (χ4n) is 4.21. The Kier molecular flexibility index (Phi) is 6.47. The summed E-state index contributed by atoms with van der Waals surface area (Å²) in [6.45, 7) is 6.96. The van der Waals surface area contributed by atoms with Crippen LogP contribution in [0.1, 0.15) is 6.92 Å². The van der Waals surface area contributed by atoms with Gasteiger partial charge in [-0.15, -0.1) is 0 Å². The maximum atomic E-state index is 12.6. The third-order valence-electron chi connectivity index (χ3n) is 5.93. The first-order chi connectivity index (χ1) is 14.9. The number of ether oxygens (including phenoxy) is 1. The molecule has 2 fully saturated rings. The summed E-state index contributed by atoms with van der Waals surface area (Å²) in [5, 5.41) is 0.343. The zero-order valence-corrected chi connectivity index (χ0v) is 17.5. The zero-order valence-electron chi connectivity index (χ0n) is 17.5. The minimum atomic E-state index is -2.60. The van der Waals surface area contributed by atoms with Crippen molar-refractivity contribution in [3.05, 3.63) is 34.9 Å². The van der Waals surface area contributed by atoms with Crippen molar-refractivity contribution in [2.45, 2.75) is 26.0 Å². The molecule has 1 aromatic heterocycles. The third kappa shape index (κ3) is 5.01. The molecule has 0 N–H and O–H groups in total. The number of carbonyl (C=O) groups excluding carboxylic acids is 1. The number of fused-ring (bicyclic) bond motifs is 1. The van der Waals surface area contributed by atoms with Crippen molar-refractivity contribution >= 4 is 22.5 Å². The molecule has 0 bridgehead atoms. The first-order valence-corrected chi connectivity index (χ1v) is 10.5. The van der Waals surface area contributed by atoms with Gasteiger partial charge in [0.2, 0.25) is 5.91 Å². The molecule has 0 saturated carbocycles. The van der Waals surface area contributed by atoms with Crippen LogP contribution in [0.5, 0.6) is 0 Å². The van der Waals surface area contributed by atoms with Crippen molar-refractivity contribution in [1.82, 2.24) is 19.4 Å². The van der Waals surface area contributed by atoms with E-state index in [9.17, 15) is 18.4 Å². The molecular weight excluding hydrogens is 408 g/mol. The van der Waals surface area contributed by atoms with Crippen LogP contribution < -0.4 is 10.5 Å². The number of benzene rings is 1. The van der Waals surface area contributed by atoms with Crippen LogP contribution >= 0.6 is 0 Å². The normalized spacial score (nSPS) is 20.6. The minimum Gasteiger partial charge on any atom is -0.373 e. The minimum absolute atomic E-state index is 0.0319. The summed E-state index contributed by atoms with van der Waals surface area (Å²) in [6, 6.07) is 5.36. The molecule has 2 aliphatic heterocycles. The van der Waals surface area contributed by atoms with E-state index in [0.29, 0.717) is 30.6 Å². The molecule has 31 heavy (non-hydrogen) atoms. The van der Waals surface area contributed by atoms with Gasteiger partial charge in [-0.2, -0.15) is 0 Å². The molecular formula is C21H27F2N5O3. The summed E-state index contributed by atoms with van der Waals surface area (Å²) in [7, 11) is 0. The molecule has 3 heterocycles. The van der Waals surface area contributed by atoms with Gasteiger partial charge < -0.3 is 14.5 Å². The fourth-order valence-corrected chi connectivity index (χ4v) is 4.21. The Labute approximate surface area is 179 Å². The van der Waals surface area contributed by atoms with Crippen molar-refractivity contribution in [2.75, 3.05) is 57.3 Å². The van der Waals surface area contributed by atoms with E-state index in [2.05, 4.69) is 14.8 Å². The molecule has 4 rings (SSSR count). The summed E-state index contributed by atoms with van der Waals surface area (Å²) in [6.07, 6.45) is -1.38. The molecule has 2 aliphatic rings. The molecule has 1 unspecified atom stereocenters. The number of amides is 1. The predicted molar refractivity (Wildman–Crippen MR) is 113 cm³/mol. The molecule has 1 atom stereocenters. The van der Waals surface area contributed by atoms with Gasteiger partial charge >= 0.3 is 0 Å². The Bertz CT molecular complexity index is 991. The van der Waals surface area contributed by atoms with Crippen molar-refractivity contribution in [2.24, 2.45) is 0 Å². The third-order valence-corrected chi connectivity index (χ3v) is 5.93. The van der Waals surface area contributed by atoms with E-state index in [1.54, 1.807) is 13.0 Å². The Morgan fingerprint density at radius 3 is 2.71 bits per heavy atom. The summed E-state index contributed by atoms with van der Waals surface area (Å²) < 4.78 is 32.0. The Morgan fingerprint density at radius 1 is 1.23 bits per heavy atom. The molecule has 0 spiro atoms. The zero-order chi connectivity index (χ0) is 22.0. The number of alkyl halides is 2. The number of hydrogen-bond donors (Lipinski definition) is 0. The average molecular weight is 435 g/mol. The summed E-state index contributed by atoms with van der Waals surface area (Å²) in [5.74, 6) is 0.0870. The molecule has 168 valence electrons. The van der Waals surface area contributed by atoms with E-state index in [-0.39, 0.29) is 12.0 Å². The van der Waals surface area contributed by atoms with Crippen molar-refractivity contribution in [1.29, 1.82) is 0 Å². The van der Waals surface area contributed by atoms with Gasteiger partial charge in [0.15, 0.2) is 0 Å². The lowest BCUT2D eigenvalue weighted by molar-refractivity contribution is -0.137.